The molecule has 2 unspecified atom stereocenters. The first-order valence-corrected chi connectivity index (χ1v) is 5.89. The van der Waals surface area contributed by atoms with Gasteiger partial charge in [0.15, 0.2) is 0 Å². The number of benzene rings is 1. The SMILES string of the molecule is CN(c1cccc(F)c1[N+](=O)[O-])C1COCC1C(=O)O. The molecule has 0 amide bonds. The fourth-order valence-electron chi connectivity index (χ4n) is 2.31. The number of carboxylic acids is 1. The highest BCUT2D eigenvalue weighted by atomic mass is 19.1. The van der Waals surface area contributed by atoms with Crippen LogP contribution in [0.15, 0.2) is 18.2 Å². The van der Waals surface area contributed by atoms with Gasteiger partial charge in [-0.15, -0.1) is 0 Å². The molecule has 1 fully saturated rings. The van der Waals surface area contributed by atoms with Gasteiger partial charge < -0.3 is 14.7 Å². The molecule has 2 rings (SSSR count). The molecule has 108 valence electrons. The number of halogens is 1. The number of carboxylic acid groups (broad SMARTS) is 1. The lowest BCUT2D eigenvalue weighted by atomic mass is 10.0. The first kappa shape index (κ1) is 14.2. The van der Waals surface area contributed by atoms with Crippen molar-refractivity contribution in [2.75, 3.05) is 25.2 Å². The molecule has 1 aliphatic heterocycles. The van der Waals surface area contributed by atoms with Crippen LogP contribution in [0.25, 0.3) is 0 Å². The van der Waals surface area contributed by atoms with Gasteiger partial charge >= 0.3 is 11.7 Å². The molecule has 0 spiro atoms. The van der Waals surface area contributed by atoms with Gasteiger partial charge in [-0.3, -0.25) is 14.9 Å². The molecule has 1 aromatic rings. The van der Waals surface area contributed by atoms with Gasteiger partial charge in [-0.25, -0.2) is 0 Å². The van der Waals surface area contributed by atoms with Gasteiger partial charge in [0, 0.05) is 7.05 Å². The van der Waals surface area contributed by atoms with Gasteiger partial charge in [-0.05, 0) is 12.1 Å². The molecular formula is C12H13FN2O5. The molecule has 8 heteroatoms. The summed E-state index contributed by atoms with van der Waals surface area (Å²) >= 11 is 0. The zero-order chi connectivity index (χ0) is 14.9. The summed E-state index contributed by atoms with van der Waals surface area (Å²) in [6, 6.07) is 3.15. The molecule has 1 aliphatic rings. The van der Waals surface area contributed by atoms with E-state index in [-0.39, 0.29) is 18.9 Å². The van der Waals surface area contributed by atoms with Crippen molar-refractivity contribution < 1.29 is 24.0 Å². The first-order chi connectivity index (χ1) is 9.43. The van der Waals surface area contributed by atoms with Crippen molar-refractivity contribution in [3.8, 4) is 0 Å². The second-order valence-electron chi connectivity index (χ2n) is 4.53. The van der Waals surface area contributed by atoms with Gasteiger partial charge in [-0.1, -0.05) is 6.07 Å². The number of nitro benzene ring substituents is 1. The van der Waals surface area contributed by atoms with Crippen LogP contribution in [0, 0.1) is 21.8 Å². The summed E-state index contributed by atoms with van der Waals surface area (Å²) in [4.78, 5) is 22.7. The third kappa shape index (κ3) is 2.42. The van der Waals surface area contributed by atoms with E-state index in [1.165, 1.54) is 24.1 Å². The van der Waals surface area contributed by atoms with E-state index >= 15 is 0 Å². The van der Waals surface area contributed by atoms with E-state index in [4.69, 9.17) is 9.84 Å². The van der Waals surface area contributed by atoms with Crippen molar-refractivity contribution in [3.63, 3.8) is 0 Å². The minimum atomic E-state index is -1.04. The third-order valence-electron chi connectivity index (χ3n) is 3.39. The van der Waals surface area contributed by atoms with Crippen molar-refractivity contribution in [1.29, 1.82) is 0 Å². The van der Waals surface area contributed by atoms with Crippen LogP contribution in [0.3, 0.4) is 0 Å². The topological polar surface area (TPSA) is 92.9 Å². The number of aliphatic carboxylic acids is 1. The maximum Gasteiger partial charge on any atom is 0.327 e. The van der Waals surface area contributed by atoms with E-state index in [9.17, 15) is 19.3 Å². The number of ether oxygens (including phenoxy) is 1. The Kier molecular flexibility index (Phi) is 3.84. The highest BCUT2D eigenvalue weighted by Gasteiger charge is 2.39. The molecular weight excluding hydrogens is 271 g/mol. The molecule has 0 saturated carbocycles. The summed E-state index contributed by atoms with van der Waals surface area (Å²) in [6.45, 7) is 0.161. The Balaban J connectivity index is 2.39. The van der Waals surface area contributed by atoms with Crippen LogP contribution in [-0.2, 0) is 9.53 Å². The van der Waals surface area contributed by atoms with E-state index in [0.29, 0.717) is 0 Å². The van der Waals surface area contributed by atoms with Crippen molar-refractivity contribution in [2.45, 2.75) is 6.04 Å². The number of rotatable bonds is 4. The molecule has 1 aromatic carbocycles. The van der Waals surface area contributed by atoms with Crippen LogP contribution in [-0.4, -0.2) is 42.3 Å². The Bertz CT molecular complexity index is 551. The highest BCUT2D eigenvalue weighted by Crippen LogP contribution is 2.33. The molecule has 0 aromatic heterocycles. The number of para-hydroxylation sites is 1. The van der Waals surface area contributed by atoms with Crippen LogP contribution < -0.4 is 4.90 Å². The van der Waals surface area contributed by atoms with Crippen LogP contribution in [0.2, 0.25) is 0 Å². The summed E-state index contributed by atoms with van der Waals surface area (Å²) in [6.07, 6.45) is 0. The Hall–Kier alpha value is -2.22. The summed E-state index contributed by atoms with van der Waals surface area (Å²) in [5.74, 6) is -2.80. The fourth-order valence-corrected chi connectivity index (χ4v) is 2.31. The minimum Gasteiger partial charge on any atom is -0.481 e. The summed E-state index contributed by atoms with van der Waals surface area (Å²) < 4.78 is 18.7. The lowest BCUT2D eigenvalue weighted by Crippen LogP contribution is -2.41. The van der Waals surface area contributed by atoms with Crippen LogP contribution in [0.4, 0.5) is 15.8 Å². The van der Waals surface area contributed by atoms with Gasteiger partial charge in [-0.2, -0.15) is 4.39 Å². The number of carbonyl (C=O) groups is 1. The normalized spacial score (nSPS) is 21.7. The van der Waals surface area contributed by atoms with E-state index in [1.807, 2.05) is 0 Å². The average Bonchev–Trinajstić information content (AvgIpc) is 2.86. The average molecular weight is 284 g/mol. The standard InChI is InChI=1S/C12H13FN2O5/c1-14(10-6-20-5-7(10)12(16)17)9-4-2-3-8(13)11(9)15(18)19/h2-4,7,10H,5-6H2,1H3,(H,16,17). The number of anilines is 1. The number of hydrogen-bond acceptors (Lipinski definition) is 5. The molecule has 0 radical (unpaired) electrons. The zero-order valence-electron chi connectivity index (χ0n) is 10.7. The molecule has 1 N–H and O–H groups in total. The lowest BCUT2D eigenvalue weighted by molar-refractivity contribution is -0.386. The van der Waals surface area contributed by atoms with Gasteiger partial charge in [0.25, 0.3) is 0 Å². The third-order valence-corrected chi connectivity index (χ3v) is 3.39. The molecule has 1 heterocycles. The van der Waals surface area contributed by atoms with Crippen LogP contribution >= 0.6 is 0 Å². The molecule has 20 heavy (non-hydrogen) atoms. The van der Waals surface area contributed by atoms with Gasteiger partial charge in [0.05, 0.1) is 24.2 Å². The zero-order valence-corrected chi connectivity index (χ0v) is 10.7. The molecule has 1 saturated heterocycles. The maximum absolute atomic E-state index is 13.6. The van der Waals surface area contributed by atoms with E-state index in [0.717, 1.165) is 6.07 Å². The van der Waals surface area contributed by atoms with Crippen LogP contribution in [0.5, 0.6) is 0 Å². The second kappa shape index (κ2) is 5.41. The quantitative estimate of drug-likeness (QED) is 0.661. The van der Waals surface area contributed by atoms with Gasteiger partial charge in [0.2, 0.25) is 5.82 Å². The number of nitro groups is 1. The van der Waals surface area contributed by atoms with Crippen molar-refractivity contribution in [1.82, 2.24) is 0 Å². The fraction of sp³-hybridized carbons (Fsp3) is 0.417. The molecule has 0 aliphatic carbocycles. The number of nitrogens with zero attached hydrogens (tertiary/aromatic N) is 2. The number of likely N-dealkylation sites (N-methyl/N-ethyl adjacent to an activating group) is 1. The second-order valence-corrected chi connectivity index (χ2v) is 4.53. The summed E-state index contributed by atoms with van der Waals surface area (Å²) in [5, 5.41) is 20.1. The Morgan fingerprint density at radius 1 is 1.55 bits per heavy atom. The summed E-state index contributed by atoms with van der Waals surface area (Å²) in [7, 11) is 1.50. The van der Waals surface area contributed by atoms with Crippen molar-refractivity contribution >= 4 is 17.3 Å². The minimum absolute atomic E-state index is 0.0352. The Labute approximate surface area is 113 Å². The summed E-state index contributed by atoms with van der Waals surface area (Å²) in [5.41, 5.74) is -0.622. The Morgan fingerprint density at radius 2 is 2.25 bits per heavy atom. The Morgan fingerprint density at radius 3 is 2.85 bits per heavy atom. The monoisotopic (exact) mass is 284 g/mol. The van der Waals surface area contributed by atoms with E-state index in [2.05, 4.69) is 0 Å². The molecule has 2 atom stereocenters. The van der Waals surface area contributed by atoms with Crippen molar-refractivity contribution in [3.05, 3.63) is 34.1 Å². The predicted octanol–water partition coefficient (Wildman–Crippen LogP) is 1.27. The first-order valence-electron chi connectivity index (χ1n) is 5.89. The van der Waals surface area contributed by atoms with Crippen molar-refractivity contribution in [2.24, 2.45) is 5.92 Å². The largest absolute Gasteiger partial charge is 0.481 e. The molecule has 7 nitrogen and oxygen atoms in total. The van der Waals surface area contributed by atoms with E-state index in [1.54, 1.807) is 0 Å². The molecule has 0 bridgehead atoms. The van der Waals surface area contributed by atoms with E-state index < -0.39 is 34.4 Å². The number of hydrogen-bond donors (Lipinski definition) is 1. The highest BCUT2D eigenvalue weighted by molar-refractivity contribution is 5.73. The maximum atomic E-state index is 13.6. The van der Waals surface area contributed by atoms with Gasteiger partial charge in [0.1, 0.15) is 11.6 Å². The smallest absolute Gasteiger partial charge is 0.327 e. The predicted molar refractivity (Wildman–Crippen MR) is 67.2 cm³/mol. The van der Waals surface area contributed by atoms with Crippen LogP contribution in [0.1, 0.15) is 0 Å². The lowest BCUT2D eigenvalue weighted by Gasteiger charge is -2.27.